The van der Waals surface area contributed by atoms with Crippen LogP contribution in [0.2, 0.25) is 0 Å². The molecule has 1 aromatic heterocycles. The summed E-state index contributed by atoms with van der Waals surface area (Å²) in [7, 11) is 1.56. The minimum atomic E-state index is -0.751. The predicted molar refractivity (Wildman–Crippen MR) is 126 cm³/mol. The van der Waals surface area contributed by atoms with Crippen molar-refractivity contribution < 1.29 is 14.3 Å². The zero-order valence-corrected chi connectivity index (χ0v) is 18.3. The van der Waals surface area contributed by atoms with E-state index in [0.29, 0.717) is 28.8 Å². The number of benzene rings is 2. The van der Waals surface area contributed by atoms with Crippen molar-refractivity contribution in [3.05, 3.63) is 84.7 Å². The van der Waals surface area contributed by atoms with Crippen LogP contribution in [0.15, 0.2) is 79.0 Å². The van der Waals surface area contributed by atoms with Gasteiger partial charge in [0.15, 0.2) is 5.11 Å². The largest absolute Gasteiger partial charge is 0.497 e. The van der Waals surface area contributed by atoms with Gasteiger partial charge in [-0.1, -0.05) is 30.3 Å². The Morgan fingerprint density at radius 2 is 1.88 bits per heavy atom. The van der Waals surface area contributed by atoms with Gasteiger partial charge in [-0.2, -0.15) is 0 Å². The fourth-order valence-corrected chi connectivity index (χ4v) is 3.96. The van der Waals surface area contributed by atoms with Crippen molar-refractivity contribution >= 4 is 40.5 Å². The number of thiocarbonyl (C=S) groups is 1. The van der Waals surface area contributed by atoms with Gasteiger partial charge in [0.05, 0.1) is 31.5 Å². The van der Waals surface area contributed by atoms with Crippen molar-refractivity contribution in [3.8, 4) is 5.75 Å². The number of aromatic nitrogens is 1. The number of hydrogen-bond acceptors (Lipinski definition) is 5. The third kappa shape index (κ3) is 4.60. The number of para-hydroxylation sites is 1. The normalized spacial score (nSPS) is 15.7. The third-order valence-electron chi connectivity index (χ3n) is 5.12. The lowest BCUT2D eigenvalue weighted by Gasteiger charge is -2.23. The highest BCUT2D eigenvalue weighted by molar-refractivity contribution is 7.80. The fourth-order valence-electron chi connectivity index (χ4n) is 3.58. The molecule has 1 atom stereocenters. The Morgan fingerprint density at radius 3 is 2.59 bits per heavy atom. The van der Waals surface area contributed by atoms with Crippen molar-refractivity contribution in [3.63, 3.8) is 0 Å². The molecule has 0 bridgehead atoms. The Morgan fingerprint density at radius 1 is 1.09 bits per heavy atom. The second-order valence-corrected chi connectivity index (χ2v) is 7.61. The van der Waals surface area contributed by atoms with Crippen LogP contribution >= 0.6 is 12.2 Å². The average Bonchev–Trinajstić information content (AvgIpc) is 3.04. The van der Waals surface area contributed by atoms with Crippen LogP contribution in [0.1, 0.15) is 12.1 Å². The molecule has 1 saturated heterocycles. The Hall–Kier alpha value is -3.78. The molecule has 3 aromatic rings. The van der Waals surface area contributed by atoms with E-state index in [-0.39, 0.29) is 18.2 Å². The minimum absolute atomic E-state index is 0.0405. The number of methoxy groups -OCH3 is 1. The number of rotatable bonds is 7. The van der Waals surface area contributed by atoms with Crippen molar-refractivity contribution in [1.29, 1.82) is 0 Å². The Kier molecular flexibility index (Phi) is 6.42. The zero-order chi connectivity index (χ0) is 22.5. The number of nitrogens with one attached hydrogen (secondary N) is 1. The highest BCUT2D eigenvalue weighted by Gasteiger charge is 2.44. The van der Waals surface area contributed by atoms with Crippen molar-refractivity contribution in [2.75, 3.05) is 17.3 Å². The van der Waals surface area contributed by atoms with Crippen LogP contribution in [-0.2, 0) is 16.1 Å². The van der Waals surface area contributed by atoms with Crippen LogP contribution in [0.25, 0.3) is 0 Å². The van der Waals surface area contributed by atoms with E-state index in [1.54, 1.807) is 54.6 Å². The average molecular weight is 447 g/mol. The van der Waals surface area contributed by atoms with Gasteiger partial charge >= 0.3 is 0 Å². The maximum Gasteiger partial charge on any atom is 0.256 e. The number of amides is 2. The van der Waals surface area contributed by atoms with Crippen LogP contribution in [0.4, 0.5) is 11.4 Å². The van der Waals surface area contributed by atoms with E-state index in [1.807, 2.05) is 36.4 Å². The Labute approximate surface area is 191 Å². The molecule has 7 nitrogen and oxygen atoms in total. The predicted octanol–water partition coefficient (Wildman–Crippen LogP) is 3.62. The maximum atomic E-state index is 13.5. The fraction of sp³-hybridized carbons (Fsp3) is 0.167. The molecule has 4 rings (SSSR count). The summed E-state index contributed by atoms with van der Waals surface area (Å²) in [6.07, 6.45) is 1.65. The topological polar surface area (TPSA) is 74.8 Å². The number of carbonyl (C=O) groups excluding carboxylic acids is 2. The Balaban J connectivity index is 1.62. The summed E-state index contributed by atoms with van der Waals surface area (Å²) in [5.74, 6) is 0.0814. The molecular weight excluding hydrogens is 424 g/mol. The number of carbonyl (C=O) groups is 2. The summed E-state index contributed by atoms with van der Waals surface area (Å²) in [4.78, 5) is 33.8. The molecule has 1 aliphatic rings. The minimum Gasteiger partial charge on any atom is -0.497 e. The van der Waals surface area contributed by atoms with Crippen LogP contribution in [0, 0.1) is 0 Å². The highest BCUT2D eigenvalue weighted by Crippen LogP contribution is 2.30. The summed E-state index contributed by atoms with van der Waals surface area (Å²) in [6.45, 7) is 0.315. The van der Waals surface area contributed by atoms with E-state index >= 15 is 0 Å². The number of anilines is 2. The van der Waals surface area contributed by atoms with Crippen molar-refractivity contribution in [2.45, 2.75) is 19.0 Å². The smallest absolute Gasteiger partial charge is 0.256 e. The quantitative estimate of drug-likeness (QED) is 0.559. The lowest BCUT2D eigenvalue weighted by atomic mass is 10.1. The number of nitrogens with zero attached hydrogens (tertiary/aromatic N) is 3. The molecule has 0 aliphatic carbocycles. The summed E-state index contributed by atoms with van der Waals surface area (Å²) in [6, 6.07) is 21.1. The van der Waals surface area contributed by atoms with E-state index in [0.717, 1.165) is 5.69 Å². The lowest BCUT2D eigenvalue weighted by molar-refractivity contribution is -0.124. The summed E-state index contributed by atoms with van der Waals surface area (Å²) >= 11 is 5.69. The summed E-state index contributed by atoms with van der Waals surface area (Å²) in [5, 5.41) is 3.17. The first-order valence-electron chi connectivity index (χ1n) is 10.1. The van der Waals surface area contributed by atoms with Gasteiger partial charge in [0, 0.05) is 18.0 Å². The first-order chi connectivity index (χ1) is 15.6. The molecule has 1 aliphatic heterocycles. The lowest BCUT2D eigenvalue weighted by Crippen LogP contribution is -2.37. The van der Waals surface area contributed by atoms with E-state index in [1.165, 1.54) is 4.90 Å². The number of hydrogen-bond donors (Lipinski definition) is 1. The molecule has 1 N–H and O–H groups in total. The molecule has 1 fully saturated rings. The summed E-state index contributed by atoms with van der Waals surface area (Å²) in [5.41, 5.74) is 2.02. The van der Waals surface area contributed by atoms with Crippen LogP contribution in [0.3, 0.4) is 0 Å². The van der Waals surface area contributed by atoms with Crippen molar-refractivity contribution in [2.24, 2.45) is 0 Å². The maximum absolute atomic E-state index is 13.5. The Bertz CT molecular complexity index is 1120. The van der Waals surface area contributed by atoms with Crippen molar-refractivity contribution in [1.82, 2.24) is 9.88 Å². The highest BCUT2D eigenvalue weighted by atomic mass is 32.1. The van der Waals surface area contributed by atoms with Gasteiger partial charge in [-0.25, -0.2) is 0 Å². The SMILES string of the molecule is COc1cccc(N2C(=O)[C@H](CC(=O)Nc3ccccc3)N(Cc3ccccn3)C2=S)c1. The molecule has 2 amide bonds. The zero-order valence-electron chi connectivity index (χ0n) is 17.5. The standard InChI is InChI=1S/C24H22N4O3S/c1-31-20-12-7-11-19(14-20)28-23(30)21(15-22(29)26-17-8-3-2-4-9-17)27(24(28)32)16-18-10-5-6-13-25-18/h2-14,21H,15-16H2,1H3,(H,26,29)/t21-/m0/s1. The first kappa shape index (κ1) is 21.5. The second-order valence-electron chi connectivity index (χ2n) is 7.24. The number of ether oxygens (including phenoxy) is 1. The number of pyridine rings is 1. The third-order valence-corrected chi connectivity index (χ3v) is 5.54. The first-order valence-corrected chi connectivity index (χ1v) is 10.5. The summed E-state index contributed by atoms with van der Waals surface area (Å²) < 4.78 is 5.30. The van der Waals surface area contributed by atoms with Crippen LogP contribution in [-0.4, -0.2) is 40.0 Å². The van der Waals surface area contributed by atoms with Gasteiger partial charge in [-0.15, -0.1) is 0 Å². The molecule has 162 valence electrons. The molecule has 2 aromatic carbocycles. The van der Waals surface area contributed by atoms with Crippen LogP contribution < -0.4 is 15.0 Å². The van der Waals surface area contributed by atoms with E-state index < -0.39 is 6.04 Å². The van der Waals surface area contributed by atoms with E-state index in [9.17, 15) is 9.59 Å². The van der Waals surface area contributed by atoms with Crippen LogP contribution in [0.5, 0.6) is 5.75 Å². The monoisotopic (exact) mass is 446 g/mol. The van der Waals surface area contributed by atoms with Gasteiger partial charge in [0.1, 0.15) is 11.8 Å². The molecule has 0 spiro atoms. The van der Waals surface area contributed by atoms with Gasteiger partial charge in [-0.3, -0.25) is 19.5 Å². The van der Waals surface area contributed by atoms with Gasteiger partial charge in [-0.05, 0) is 48.6 Å². The molecular formula is C24H22N4O3S. The molecule has 0 unspecified atom stereocenters. The molecule has 0 radical (unpaired) electrons. The van der Waals surface area contributed by atoms with E-state index in [2.05, 4.69) is 10.3 Å². The molecule has 8 heteroatoms. The second kappa shape index (κ2) is 9.57. The van der Waals surface area contributed by atoms with Gasteiger partial charge < -0.3 is 15.0 Å². The molecule has 32 heavy (non-hydrogen) atoms. The molecule has 2 heterocycles. The van der Waals surface area contributed by atoms with Gasteiger partial charge in [0.2, 0.25) is 5.91 Å². The molecule has 0 saturated carbocycles. The van der Waals surface area contributed by atoms with E-state index in [4.69, 9.17) is 17.0 Å². The van der Waals surface area contributed by atoms with Gasteiger partial charge in [0.25, 0.3) is 5.91 Å².